The van der Waals surface area contributed by atoms with E-state index in [1.807, 2.05) is 13.8 Å². The summed E-state index contributed by atoms with van der Waals surface area (Å²) < 4.78 is 69.8. The van der Waals surface area contributed by atoms with Crippen LogP contribution in [0.3, 0.4) is 0 Å². The fraction of sp³-hybridized carbons (Fsp3) is 0.474. The Kier molecular flexibility index (Phi) is 6.95. The first-order valence-corrected chi connectivity index (χ1v) is 10.7. The minimum absolute atomic E-state index is 0.0158. The van der Waals surface area contributed by atoms with Gasteiger partial charge in [-0.3, -0.25) is 0 Å². The molecule has 2 N–H and O–H groups in total. The quantitative estimate of drug-likeness (QED) is 0.650. The molecule has 0 aliphatic carbocycles. The highest BCUT2D eigenvalue weighted by atomic mass is 32.2. The van der Waals surface area contributed by atoms with Crippen LogP contribution in [0.25, 0.3) is 0 Å². The average Bonchev–Trinajstić information content (AvgIpc) is 2.64. The fourth-order valence-electron chi connectivity index (χ4n) is 3.14. The third-order valence-corrected chi connectivity index (χ3v) is 6.78. The smallest absolute Gasteiger partial charge is 0.408 e. The molecule has 1 atom stereocenters. The van der Waals surface area contributed by atoms with Gasteiger partial charge in [0.25, 0.3) is 0 Å². The number of nitrogens with two attached hydrogens (primary N) is 1. The molecule has 156 valence electrons. The van der Waals surface area contributed by atoms with E-state index in [1.54, 1.807) is 18.2 Å². The lowest BCUT2D eigenvalue weighted by molar-refractivity contribution is -0.106. The Hall–Kier alpha value is -1.84. The SMILES string of the molecule is CCC(CC)Oc1cccc([N+]2(S(=O)(=O)CC(F)(F)F)C=C(CN)C=CC2)c1. The number of hydrogen-bond donors (Lipinski definition) is 1. The summed E-state index contributed by atoms with van der Waals surface area (Å²) in [7, 11) is -4.68. The van der Waals surface area contributed by atoms with Crippen LogP contribution in [0, 0.1) is 0 Å². The second-order valence-electron chi connectivity index (χ2n) is 6.68. The second kappa shape index (κ2) is 8.67. The van der Waals surface area contributed by atoms with Crippen molar-refractivity contribution >= 4 is 15.7 Å². The maximum atomic E-state index is 13.0. The van der Waals surface area contributed by atoms with E-state index >= 15 is 0 Å². The first-order chi connectivity index (χ1) is 13.1. The van der Waals surface area contributed by atoms with Gasteiger partial charge < -0.3 is 10.5 Å². The van der Waals surface area contributed by atoms with Crippen LogP contribution >= 0.6 is 0 Å². The first kappa shape index (κ1) is 22.4. The Balaban J connectivity index is 2.59. The van der Waals surface area contributed by atoms with Crippen LogP contribution in [0.2, 0.25) is 0 Å². The number of rotatable bonds is 8. The lowest BCUT2D eigenvalue weighted by Gasteiger charge is -2.34. The fourth-order valence-corrected chi connectivity index (χ4v) is 4.83. The van der Waals surface area contributed by atoms with Crippen LogP contribution in [0.4, 0.5) is 18.9 Å². The van der Waals surface area contributed by atoms with Gasteiger partial charge in [0, 0.05) is 24.3 Å². The topological polar surface area (TPSA) is 69.4 Å². The van der Waals surface area contributed by atoms with Crippen molar-refractivity contribution in [2.45, 2.75) is 39.0 Å². The Labute approximate surface area is 163 Å². The van der Waals surface area contributed by atoms with Gasteiger partial charge in [-0.2, -0.15) is 25.5 Å². The number of hydrogen-bond acceptors (Lipinski definition) is 4. The molecule has 5 nitrogen and oxygen atoms in total. The van der Waals surface area contributed by atoms with Crippen molar-refractivity contribution in [3.63, 3.8) is 0 Å². The van der Waals surface area contributed by atoms with E-state index in [2.05, 4.69) is 0 Å². The molecule has 0 saturated carbocycles. The number of alkyl halides is 3. The minimum atomic E-state index is -4.86. The van der Waals surface area contributed by atoms with Gasteiger partial charge in [-0.05, 0) is 25.0 Å². The summed E-state index contributed by atoms with van der Waals surface area (Å²) in [6, 6.07) is 6.25. The summed E-state index contributed by atoms with van der Waals surface area (Å²) in [4.78, 5) is 0. The first-order valence-electron chi connectivity index (χ1n) is 9.10. The summed E-state index contributed by atoms with van der Waals surface area (Å²) in [5.41, 5.74) is 6.26. The van der Waals surface area contributed by atoms with Crippen molar-refractivity contribution in [1.82, 2.24) is 3.89 Å². The molecule has 1 aliphatic heterocycles. The van der Waals surface area contributed by atoms with Crippen LogP contribution in [-0.4, -0.2) is 39.5 Å². The van der Waals surface area contributed by atoms with E-state index in [9.17, 15) is 21.6 Å². The number of benzene rings is 1. The third-order valence-electron chi connectivity index (χ3n) is 4.63. The summed E-state index contributed by atoms with van der Waals surface area (Å²) in [6.07, 6.45) is 1.05. The van der Waals surface area contributed by atoms with E-state index in [0.717, 1.165) is 12.8 Å². The van der Waals surface area contributed by atoms with Crippen molar-refractivity contribution in [2.75, 3.05) is 18.8 Å². The third kappa shape index (κ3) is 4.95. The largest absolute Gasteiger partial charge is 0.490 e. The zero-order valence-electron chi connectivity index (χ0n) is 15.9. The molecule has 0 spiro atoms. The van der Waals surface area contributed by atoms with Gasteiger partial charge in [0.15, 0.2) is 11.4 Å². The number of ether oxygens (including phenoxy) is 1. The van der Waals surface area contributed by atoms with E-state index in [-0.39, 0.29) is 24.9 Å². The molecule has 1 heterocycles. The average molecular weight is 419 g/mol. The van der Waals surface area contributed by atoms with Gasteiger partial charge in [0.05, 0.1) is 6.10 Å². The highest BCUT2D eigenvalue weighted by Gasteiger charge is 2.50. The Morgan fingerprint density at radius 1 is 1.25 bits per heavy atom. The molecule has 0 saturated heterocycles. The predicted molar refractivity (Wildman–Crippen MR) is 104 cm³/mol. The molecule has 2 rings (SSSR count). The molecular weight excluding hydrogens is 393 g/mol. The van der Waals surface area contributed by atoms with Crippen molar-refractivity contribution in [2.24, 2.45) is 5.73 Å². The Morgan fingerprint density at radius 3 is 2.50 bits per heavy atom. The summed E-state index contributed by atoms with van der Waals surface area (Å²) in [5, 5.41) is 0. The molecule has 1 aromatic rings. The molecule has 0 amide bonds. The van der Waals surface area contributed by atoms with E-state index in [0.29, 0.717) is 11.3 Å². The standard InChI is InChI=1S/C19H26F3N2O3S/c1-3-17(4-2)27-18-9-5-8-16(11-18)24(10-6-7-15(12-23)13-24)28(25,26)14-19(20,21)22/h5-9,11,13,17H,3-4,10,12,14,23H2,1-2H3/q+1. The van der Waals surface area contributed by atoms with Crippen molar-refractivity contribution in [3.8, 4) is 5.75 Å². The van der Waals surface area contributed by atoms with Crippen LogP contribution in [0.15, 0.2) is 48.2 Å². The molecule has 1 aliphatic rings. The van der Waals surface area contributed by atoms with Crippen LogP contribution in [0.5, 0.6) is 5.75 Å². The van der Waals surface area contributed by atoms with Gasteiger partial charge in [0.2, 0.25) is 0 Å². The predicted octanol–water partition coefficient (Wildman–Crippen LogP) is 3.87. The van der Waals surface area contributed by atoms with Gasteiger partial charge in [0.1, 0.15) is 18.5 Å². The van der Waals surface area contributed by atoms with Crippen molar-refractivity contribution in [1.29, 1.82) is 0 Å². The number of sulfonamides is 1. The van der Waals surface area contributed by atoms with Gasteiger partial charge in [-0.1, -0.05) is 26.0 Å². The zero-order chi connectivity index (χ0) is 21.0. The zero-order valence-corrected chi connectivity index (χ0v) is 16.8. The van der Waals surface area contributed by atoms with Gasteiger partial charge >= 0.3 is 16.2 Å². The van der Waals surface area contributed by atoms with Crippen molar-refractivity contribution in [3.05, 3.63) is 48.2 Å². The molecule has 0 aromatic heterocycles. The lowest BCUT2D eigenvalue weighted by atomic mass is 10.1. The molecule has 0 fully saturated rings. The van der Waals surface area contributed by atoms with E-state index in [4.69, 9.17) is 10.5 Å². The van der Waals surface area contributed by atoms with Crippen LogP contribution in [-0.2, 0) is 10.0 Å². The molecule has 0 radical (unpaired) electrons. The van der Waals surface area contributed by atoms with E-state index < -0.39 is 25.8 Å². The normalized spacial score (nSPS) is 20.3. The maximum Gasteiger partial charge on any atom is 0.408 e. The summed E-state index contributed by atoms with van der Waals surface area (Å²) in [5.74, 6) is -1.51. The summed E-state index contributed by atoms with van der Waals surface area (Å²) in [6.45, 7) is 3.79. The maximum absolute atomic E-state index is 13.0. The second-order valence-corrected chi connectivity index (χ2v) is 8.79. The number of halogens is 3. The highest BCUT2D eigenvalue weighted by molar-refractivity contribution is 7.91. The molecule has 9 heteroatoms. The van der Waals surface area contributed by atoms with Crippen LogP contribution in [0.1, 0.15) is 26.7 Å². The highest BCUT2D eigenvalue weighted by Crippen LogP contribution is 2.37. The number of quaternary nitrogens is 1. The van der Waals surface area contributed by atoms with Gasteiger partial charge in [-0.25, -0.2) is 0 Å². The number of nitrogens with zero attached hydrogens (tertiary/aromatic N) is 1. The molecule has 0 bridgehead atoms. The minimum Gasteiger partial charge on any atom is -0.490 e. The molecule has 1 unspecified atom stereocenters. The molecule has 28 heavy (non-hydrogen) atoms. The Morgan fingerprint density at radius 2 is 1.93 bits per heavy atom. The monoisotopic (exact) mass is 419 g/mol. The van der Waals surface area contributed by atoms with Crippen LogP contribution < -0.4 is 14.4 Å². The van der Waals surface area contributed by atoms with Gasteiger partial charge in [-0.15, -0.1) is 0 Å². The Bertz CT molecular complexity index is 846. The lowest BCUT2D eigenvalue weighted by Crippen LogP contribution is -2.54. The van der Waals surface area contributed by atoms with Crippen molar-refractivity contribution < 1.29 is 26.3 Å². The van der Waals surface area contributed by atoms with E-state index in [1.165, 1.54) is 24.4 Å². The summed E-state index contributed by atoms with van der Waals surface area (Å²) >= 11 is 0. The molecule has 1 aromatic carbocycles. The molecular formula is C19H26F3N2O3S+.